The van der Waals surface area contributed by atoms with Crippen LogP contribution in [0.2, 0.25) is 0 Å². The van der Waals surface area contributed by atoms with Crippen LogP contribution in [0.15, 0.2) is 11.6 Å². The largest absolute Gasteiger partial charge is 0.392 e. The average molecular weight is 302 g/mol. The Morgan fingerprint density at radius 3 is 2.55 bits per heavy atom. The van der Waals surface area contributed by atoms with Gasteiger partial charge in [-0.25, -0.2) is 0 Å². The van der Waals surface area contributed by atoms with Crippen LogP contribution >= 0.6 is 0 Å². The first-order valence-corrected chi connectivity index (χ1v) is 8.81. The lowest BCUT2D eigenvalue weighted by molar-refractivity contribution is -0.139. The summed E-state index contributed by atoms with van der Waals surface area (Å²) < 4.78 is 0. The second-order valence-electron chi connectivity index (χ2n) is 8.53. The molecule has 0 aromatic heterocycles. The van der Waals surface area contributed by atoms with Crippen LogP contribution in [-0.4, -0.2) is 22.8 Å². The number of aliphatic hydroxyl groups excluding tert-OH is 1. The highest BCUT2D eigenvalue weighted by Gasteiger charge is 2.61. The number of aliphatic hydroxyl groups is 1. The van der Waals surface area contributed by atoms with Crippen molar-refractivity contribution in [3.05, 3.63) is 11.6 Å². The van der Waals surface area contributed by atoms with Gasteiger partial charge in [-0.15, -0.1) is 0 Å². The molecule has 3 fully saturated rings. The lowest BCUT2D eigenvalue weighted by Gasteiger charge is -2.58. The molecule has 0 amide bonds. The van der Waals surface area contributed by atoms with Crippen molar-refractivity contribution in [1.82, 2.24) is 0 Å². The average Bonchev–Trinajstić information content (AvgIpc) is 2.77. The number of carbonyl (C=O) groups excluding carboxylic acids is 2. The van der Waals surface area contributed by atoms with E-state index in [2.05, 4.69) is 13.8 Å². The molecule has 6 atom stereocenters. The van der Waals surface area contributed by atoms with Gasteiger partial charge in [0.05, 0.1) is 6.10 Å². The second-order valence-corrected chi connectivity index (χ2v) is 8.53. The molecule has 0 aromatic rings. The fraction of sp³-hybridized carbons (Fsp3) is 0.789. The van der Waals surface area contributed by atoms with Gasteiger partial charge in [0.15, 0.2) is 5.78 Å². The lowest BCUT2D eigenvalue weighted by atomic mass is 9.47. The van der Waals surface area contributed by atoms with Gasteiger partial charge >= 0.3 is 0 Å². The molecule has 3 heteroatoms. The molecule has 4 rings (SSSR count). The van der Waals surface area contributed by atoms with Crippen LogP contribution in [0.3, 0.4) is 0 Å². The third-order valence-corrected chi connectivity index (χ3v) is 7.69. The number of rotatable bonds is 0. The van der Waals surface area contributed by atoms with E-state index in [-0.39, 0.29) is 28.6 Å². The quantitative estimate of drug-likeness (QED) is 0.748. The van der Waals surface area contributed by atoms with E-state index in [0.717, 1.165) is 25.7 Å². The number of hydrogen-bond acceptors (Lipinski definition) is 3. The van der Waals surface area contributed by atoms with E-state index in [1.165, 1.54) is 5.57 Å². The summed E-state index contributed by atoms with van der Waals surface area (Å²) in [7, 11) is 0. The summed E-state index contributed by atoms with van der Waals surface area (Å²) in [5, 5.41) is 10.8. The van der Waals surface area contributed by atoms with E-state index in [0.29, 0.717) is 36.9 Å². The van der Waals surface area contributed by atoms with Crippen molar-refractivity contribution < 1.29 is 14.7 Å². The van der Waals surface area contributed by atoms with Crippen LogP contribution in [-0.2, 0) is 9.59 Å². The molecule has 0 heterocycles. The minimum absolute atomic E-state index is 0.0603. The van der Waals surface area contributed by atoms with Crippen molar-refractivity contribution in [3.8, 4) is 0 Å². The minimum atomic E-state index is -0.384. The zero-order valence-electron chi connectivity index (χ0n) is 13.6. The summed E-state index contributed by atoms with van der Waals surface area (Å²) in [6, 6.07) is 0. The highest BCUT2D eigenvalue weighted by atomic mass is 16.3. The molecule has 22 heavy (non-hydrogen) atoms. The number of Topliss-reactive ketones (excluding diaryl/α,β-unsaturated/α-hetero) is 1. The van der Waals surface area contributed by atoms with Gasteiger partial charge in [-0.05, 0) is 61.3 Å². The van der Waals surface area contributed by atoms with E-state index in [9.17, 15) is 14.7 Å². The first-order chi connectivity index (χ1) is 10.4. The molecular formula is C19H26O3. The summed E-state index contributed by atoms with van der Waals surface area (Å²) in [5.41, 5.74) is 1.03. The molecule has 1 N–H and O–H groups in total. The van der Waals surface area contributed by atoms with Crippen LogP contribution in [0.5, 0.6) is 0 Å². The molecule has 120 valence electrons. The first kappa shape index (κ1) is 14.6. The fourth-order valence-corrected chi connectivity index (χ4v) is 6.30. The highest BCUT2D eigenvalue weighted by molar-refractivity contribution is 5.91. The van der Waals surface area contributed by atoms with Gasteiger partial charge in [0.2, 0.25) is 0 Å². The molecule has 4 aliphatic rings. The normalized spacial score (nSPS) is 51.0. The molecular weight excluding hydrogens is 276 g/mol. The van der Waals surface area contributed by atoms with Gasteiger partial charge in [0.1, 0.15) is 5.78 Å². The Labute approximate surface area is 132 Å². The van der Waals surface area contributed by atoms with Crippen molar-refractivity contribution in [3.63, 3.8) is 0 Å². The zero-order chi connectivity index (χ0) is 15.7. The Bertz CT molecular complexity index is 577. The first-order valence-electron chi connectivity index (χ1n) is 8.81. The summed E-state index contributed by atoms with van der Waals surface area (Å²) >= 11 is 0. The monoisotopic (exact) mass is 302 g/mol. The van der Waals surface area contributed by atoms with Crippen LogP contribution in [0.25, 0.3) is 0 Å². The predicted octanol–water partition coefficient (Wildman–Crippen LogP) is 3.06. The molecule has 0 saturated heterocycles. The van der Waals surface area contributed by atoms with Gasteiger partial charge in [0, 0.05) is 18.3 Å². The van der Waals surface area contributed by atoms with Crippen molar-refractivity contribution in [2.45, 2.75) is 64.9 Å². The number of ketones is 2. The van der Waals surface area contributed by atoms with Gasteiger partial charge in [-0.2, -0.15) is 0 Å². The maximum absolute atomic E-state index is 12.4. The Kier molecular flexibility index (Phi) is 3.01. The highest BCUT2D eigenvalue weighted by Crippen LogP contribution is 2.64. The van der Waals surface area contributed by atoms with Crippen molar-refractivity contribution in [1.29, 1.82) is 0 Å². The Hall–Kier alpha value is -0.960. The van der Waals surface area contributed by atoms with Crippen molar-refractivity contribution >= 4 is 11.6 Å². The van der Waals surface area contributed by atoms with Gasteiger partial charge in [-0.3, -0.25) is 9.59 Å². The summed E-state index contributed by atoms with van der Waals surface area (Å²) in [6.07, 6.45) is 7.23. The standard InChI is InChI=1S/C19H26O3/c1-18-7-5-12(20)9-11(18)10-15(21)17-13-3-4-16(22)19(13,2)8-6-14(17)18/h9,13-15,17,21H,3-8,10H2,1-2H3/t13-,14+,15?,17-,18-,19-/m0/s1. The summed E-state index contributed by atoms with van der Waals surface area (Å²) in [4.78, 5) is 24.2. The molecule has 3 nitrogen and oxygen atoms in total. The van der Waals surface area contributed by atoms with E-state index < -0.39 is 0 Å². The van der Waals surface area contributed by atoms with Crippen LogP contribution in [0.1, 0.15) is 58.8 Å². The molecule has 0 aromatic carbocycles. The van der Waals surface area contributed by atoms with Crippen molar-refractivity contribution in [2.75, 3.05) is 0 Å². The van der Waals surface area contributed by atoms with E-state index >= 15 is 0 Å². The number of hydrogen-bond donors (Lipinski definition) is 1. The molecule has 0 bridgehead atoms. The SMILES string of the molecule is C[C@]12CCC(=O)C=C1CC(O)[C@@H]1[C@H]2CC[C@]2(C)C(=O)CC[C@@H]12. The van der Waals surface area contributed by atoms with E-state index in [1.807, 2.05) is 6.08 Å². The minimum Gasteiger partial charge on any atom is -0.392 e. The van der Waals surface area contributed by atoms with Crippen LogP contribution in [0, 0.1) is 28.6 Å². The zero-order valence-corrected chi connectivity index (χ0v) is 13.6. The summed E-state index contributed by atoms with van der Waals surface area (Å²) in [5.74, 6) is 1.63. The van der Waals surface area contributed by atoms with Gasteiger partial charge in [-0.1, -0.05) is 19.4 Å². The molecule has 3 saturated carbocycles. The van der Waals surface area contributed by atoms with Crippen LogP contribution < -0.4 is 0 Å². The van der Waals surface area contributed by atoms with E-state index in [4.69, 9.17) is 0 Å². The number of fused-ring (bicyclic) bond motifs is 5. The molecule has 1 unspecified atom stereocenters. The van der Waals surface area contributed by atoms with Gasteiger partial charge in [0.25, 0.3) is 0 Å². The van der Waals surface area contributed by atoms with E-state index in [1.54, 1.807) is 0 Å². The molecule has 0 radical (unpaired) electrons. The predicted molar refractivity (Wildman–Crippen MR) is 83.1 cm³/mol. The maximum atomic E-state index is 12.4. The number of carbonyl (C=O) groups is 2. The maximum Gasteiger partial charge on any atom is 0.155 e. The molecule has 0 spiro atoms. The smallest absolute Gasteiger partial charge is 0.155 e. The topological polar surface area (TPSA) is 54.4 Å². The van der Waals surface area contributed by atoms with Crippen molar-refractivity contribution in [2.24, 2.45) is 28.6 Å². The Balaban J connectivity index is 1.75. The van der Waals surface area contributed by atoms with Crippen LogP contribution in [0.4, 0.5) is 0 Å². The second kappa shape index (κ2) is 4.53. The third-order valence-electron chi connectivity index (χ3n) is 7.69. The van der Waals surface area contributed by atoms with Gasteiger partial charge < -0.3 is 5.11 Å². The Morgan fingerprint density at radius 1 is 1.05 bits per heavy atom. The Morgan fingerprint density at radius 2 is 1.77 bits per heavy atom. The third kappa shape index (κ3) is 1.72. The fourth-order valence-electron chi connectivity index (χ4n) is 6.30. The molecule has 4 aliphatic carbocycles. The molecule has 0 aliphatic heterocycles. The lowest BCUT2D eigenvalue weighted by Crippen LogP contribution is -2.55. The summed E-state index contributed by atoms with van der Waals surface area (Å²) in [6.45, 7) is 4.43.